The largest absolute Gasteiger partial charge is 0.337 e. The molecule has 1 fully saturated rings. The molecule has 1 aliphatic rings. The first-order chi connectivity index (χ1) is 11.6. The molecule has 24 heavy (non-hydrogen) atoms. The molecule has 2 heterocycles. The average molecular weight is 351 g/mol. The minimum Gasteiger partial charge on any atom is -0.337 e. The molecule has 128 valence electrons. The van der Waals surface area contributed by atoms with E-state index in [0.717, 1.165) is 31.5 Å². The first-order valence-corrected chi connectivity index (χ1v) is 8.40. The van der Waals surface area contributed by atoms with Crippen LogP contribution in [0, 0.1) is 5.82 Å². The van der Waals surface area contributed by atoms with E-state index in [4.69, 9.17) is 11.6 Å². The number of halogens is 2. The van der Waals surface area contributed by atoms with Gasteiger partial charge >= 0.3 is 0 Å². The zero-order valence-electron chi connectivity index (χ0n) is 13.5. The fourth-order valence-corrected chi connectivity index (χ4v) is 3.24. The number of carbonyl (C=O) groups excluding carboxylic acids is 1. The third kappa shape index (κ3) is 3.60. The monoisotopic (exact) mass is 350 g/mol. The lowest BCUT2D eigenvalue weighted by atomic mass is 9.99. The Hall–Kier alpha value is -1.92. The van der Waals surface area contributed by atoms with Crippen molar-refractivity contribution in [3.63, 3.8) is 0 Å². The van der Waals surface area contributed by atoms with Crippen LogP contribution in [-0.4, -0.2) is 34.6 Å². The average Bonchev–Trinajstić information content (AvgIpc) is 3.07. The Bertz CT molecular complexity index is 727. The number of hydrogen-bond acceptors (Lipinski definition) is 3. The van der Waals surface area contributed by atoms with Crippen molar-refractivity contribution in [1.29, 1.82) is 0 Å². The summed E-state index contributed by atoms with van der Waals surface area (Å²) in [6, 6.07) is 4.32. The molecule has 0 spiro atoms. The summed E-state index contributed by atoms with van der Waals surface area (Å²) in [7, 11) is 1.70. The summed E-state index contributed by atoms with van der Waals surface area (Å²) >= 11 is 6.05. The molecule has 2 N–H and O–H groups in total. The first-order valence-electron chi connectivity index (χ1n) is 8.02. The second-order valence-corrected chi connectivity index (χ2v) is 6.50. The highest BCUT2D eigenvalue weighted by Gasteiger charge is 2.25. The molecule has 0 radical (unpaired) electrons. The van der Waals surface area contributed by atoms with Gasteiger partial charge in [-0.05, 0) is 37.1 Å². The van der Waals surface area contributed by atoms with Gasteiger partial charge in [-0.2, -0.15) is 5.10 Å². The molecule has 1 atom stereocenters. The molecule has 1 aromatic heterocycles. The van der Waals surface area contributed by atoms with E-state index in [-0.39, 0.29) is 11.9 Å². The van der Waals surface area contributed by atoms with Gasteiger partial charge in [-0.15, -0.1) is 0 Å². The van der Waals surface area contributed by atoms with Crippen LogP contribution in [0.15, 0.2) is 24.4 Å². The van der Waals surface area contributed by atoms with Crippen molar-refractivity contribution in [2.24, 2.45) is 0 Å². The molecule has 1 aromatic carbocycles. The van der Waals surface area contributed by atoms with Crippen molar-refractivity contribution in [2.75, 3.05) is 13.6 Å². The number of benzene rings is 1. The summed E-state index contributed by atoms with van der Waals surface area (Å²) in [5, 5.41) is 10.7. The lowest BCUT2D eigenvalue weighted by molar-refractivity contribution is 0.0783. The third-order valence-electron chi connectivity index (χ3n) is 4.33. The van der Waals surface area contributed by atoms with Gasteiger partial charge in [0.25, 0.3) is 5.91 Å². The Labute approximate surface area is 145 Å². The maximum Gasteiger partial charge on any atom is 0.257 e. The van der Waals surface area contributed by atoms with Gasteiger partial charge < -0.3 is 10.2 Å². The second kappa shape index (κ2) is 7.32. The van der Waals surface area contributed by atoms with E-state index in [1.807, 2.05) is 0 Å². The van der Waals surface area contributed by atoms with Crippen molar-refractivity contribution in [3.05, 3.63) is 52.1 Å². The number of aromatic amines is 1. The fraction of sp³-hybridized carbons (Fsp3) is 0.412. The number of nitrogens with one attached hydrogen (secondary N) is 2. The van der Waals surface area contributed by atoms with Crippen molar-refractivity contribution in [2.45, 2.75) is 31.8 Å². The van der Waals surface area contributed by atoms with Gasteiger partial charge in [0.05, 0.1) is 17.5 Å². The Morgan fingerprint density at radius 3 is 3.00 bits per heavy atom. The number of nitrogens with zero attached hydrogens (tertiary/aromatic N) is 2. The smallest absolute Gasteiger partial charge is 0.257 e. The molecule has 7 heteroatoms. The highest BCUT2D eigenvalue weighted by atomic mass is 35.5. The van der Waals surface area contributed by atoms with Crippen LogP contribution in [-0.2, 0) is 6.54 Å². The summed E-state index contributed by atoms with van der Waals surface area (Å²) in [6.07, 6.45) is 4.83. The Morgan fingerprint density at radius 1 is 1.46 bits per heavy atom. The number of amides is 1. The van der Waals surface area contributed by atoms with Crippen LogP contribution >= 0.6 is 11.6 Å². The first kappa shape index (κ1) is 16.9. The fourth-order valence-electron chi connectivity index (χ4n) is 3.01. The molecule has 1 unspecified atom stereocenters. The standard InChI is InChI=1S/C17H20ClFN4O/c1-23(10-11-5-6-12(19)8-14(11)18)17(24)13-9-21-22-16(13)15-4-2-3-7-20-15/h5-6,8-9,15,20H,2-4,7,10H2,1H3,(H,21,22). The van der Waals surface area contributed by atoms with Gasteiger partial charge in [0, 0.05) is 24.7 Å². The van der Waals surface area contributed by atoms with Gasteiger partial charge in [0.2, 0.25) is 0 Å². The molecule has 0 aliphatic carbocycles. The molecule has 1 saturated heterocycles. The summed E-state index contributed by atoms with van der Waals surface area (Å²) in [6.45, 7) is 1.25. The topological polar surface area (TPSA) is 61.0 Å². The summed E-state index contributed by atoms with van der Waals surface area (Å²) < 4.78 is 13.1. The Kier molecular flexibility index (Phi) is 5.16. The van der Waals surface area contributed by atoms with Crippen LogP contribution in [0.3, 0.4) is 0 Å². The van der Waals surface area contributed by atoms with Crippen LogP contribution in [0.1, 0.15) is 46.9 Å². The maximum absolute atomic E-state index is 13.1. The summed E-state index contributed by atoms with van der Waals surface area (Å²) in [4.78, 5) is 14.3. The van der Waals surface area contributed by atoms with Gasteiger partial charge in [0.1, 0.15) is 5.82 Å². The van der Waals surface area contributed by atoms with Gasteiger partial charge in [-0.25, -0.2) is 4.39 Å². The second-order valence-electron chi connectivity index (χ2n) is 6.10. The van der Waals surface area contributed by atoms with E-state index in [2.05, 4.69) is 15.5 Å². The van der Waals surface area contributed by atoms with E-state index in [1.54, 1.807) is 24.2 Å². The van der Waals surface area contributed by atoms with E-state index in [1.165, 1.54) is 12.1 Å². The normalized spacial score (nSPS) is 17.7. The molecule has 0 bridgehead atoms. The number of carbonyl (C=O) groups is 1. The van der Waals surface area contributed by atoms with Gasteiger partial charge in [-0.3, -0.25) is 9.89 Å². The minimum absolute atomic E-state index is 0.128. The van der Waals surface area contributed by atoms with Crippen LogP contribution in [0.4, 0.5) is 4.39 Å². The molecular weight excluding hydrogens is 331 g/mol. The molecule has 3 rings (SSSR count). The summed E-state index contributed by atoms with van der Waals surface area (Å²) in [5.41, 5.74) is 2.10. The highest BCUT2D eigenvalue weighted by molar-refractivity contribution is 6.31. The van der Waals surface area contributed by atoms with Gasteiger partial charge in [-0.1, -0.05) is 24.1 Å². The summed E-state index contributed by atoms with van der Waals surface area (Å²) in [5.74, 6) is -0.523. The Balaban J connectivity index is 1.75. The van der Waals surface area contributed by atoms with Gasteiger partial charge in [0.15, 0.2) is 0 Å². The number of piperidine rings is 1. The molecule has 0 saturated carbocycles. The minimum atomic E-state index is -0.391. The van der Waals surface area contributed by atoms with Crippen LogP contribution in [0.5, 0.6) is 0 Å². The number of hydrogen-bond donors (Lipinski definition) is 2. The maximum atomic E-state index is 13.1. The zero-order chi connectivity index (χ0) is 17.1. The predicted molar refractivity (Wildman–Crippen MR) is 90.4 cm³/mol. The molecule has 1 amide bonds. The van der Waals surface area contributed by atoms with Crippen molar-refractivity contribution in [1.82, 2.24) is 20.4 Å². The molecule has 1 aliphatic heterocycles. The molecular formula is C17H20ClFN4O. The lowest BCUT2D eigenvalue weighted by Gasteiger charge is -2.24. The van der Waals surface area contributed by atoms with Crippen LogP contribution in [0.25, 0.3) is 0 Å². The van der Waals surface area contributed by atoms with Crippen molar-refractivity contribution >= 4 is 17.5 Å². The van der Waals surface area contributed by atoms with E-state index in [9.17, 15) is 9.18 Å². The van der Waals surface area contributed by atoms with Crippen molar-refractivity contribution < 1.29 is 9.18 Å². The van der Waals surface area contributed by atoms with Crippen molar-refractivity contribution in [3.8, 4) is 0 Å². The Morgan fingerprint density at radius 2 is 2.29 bits per heavy atom. The number of H-pyrrole nitrogens is 1. The van der Waals surface area contributed by atoms with E-state index in [0.29, 0.717) is 22.7 Å². The predicted octanol–water partition coefficient (Wildman–Crippen LogP) is 3.29. The van der Waals surface area contributed by atoms with Crippen LogP contribution in [0.2, 0.25) is 5.02 Å². The number of rotatable bonds is 4. The molecule has 5 nitrogen and oxygen atoms in total. The van der Waals surface area contributed by atoms with E-state index >= 15 is 0 Å². The highest BCUT2D eigenvalue weighted by Crippen LogP contribution is 2.25. The quantitative estimate of drug-likeness (QED) is 0.889. The van der Waals surface area contributed by atoms with E-state index < -0.39 is 5.82 Å². The SMILES string of the molecule is CN(Cc1ccc(F)cc1Cl)C(=O)c1cn[nH]c1C1CCCCN1. The number of aromatic nitrogens is 2. The lowest BCUT2D eigenvalue weighted by Crippen LogP contribution is -2.31. The molecule has 2 aromatic rings. The third-order valence-corrected chi connectivity index (χ3v) is 4.68. The van der Waals surface area contributed by atoms with Crippen LogP contribution < -0.4 is 5.32 Å². The zero-order valence-corrected chi connectivity index (χ0v) is 14.2.